The van der Waals surface area contributed by atoms with Gasteiger partial charge < -0.3 is 10.2 Å². The minimum atomic E-state index is -0.426. The molecular formula is C11H14ClFN2O. The predicted molar refractivity (Wildman–Crippen MR) is 62.2 cm³/mol. The van der Waals surface area contributed by atoms with E-state index in [9.17, 15) is 9.18 Å². The molecule has 1 aromatic rings. The van der Waals surface area contributed by atoms with Crippen LogP contribution in [0.25, 0.3) is 0 Å². The molecule has 3 nitrogen and oxygen atoms in total. The van der Waals surface area contributed by atoms with Crippen molar-refractivity contribution in [1.82, 2.24) is 10.2 Å². The van der Waals surface area contributed by atoms with Crippen LogP contribution in [0.3, 0.4) is 0 Å². The highest BCUT2D eigenvalue weighted by molar-refractivity contribution is 6.30. The monoisotopic (exact) mass is 244 g/mol. The van der Waals surface area contributed by atoms with Gasteiger partial charge in [0.2, 0.25) is 0 Å². The van der Waals surface area contributed by atoms with Crippen molar-refractivity contribution in [1.29, 1.82) is 0 Å². The highest BCUT2D eigenvalue weighted by Gasteiger charge is 2.06. The van der Waals surface area contributed by atoms with Gasteiger partial charge >= 0.3 is 6.03 Å². The number of hydrogen-bond donors (Lipinski definition) is 1. The molecule has 0 aliphatic rings. The van der Waals surface area contributed by atoms with Crippen molar-refractivity contribution in [3.05, 3.63) is 34.6 Å². The summed E-state index contributed by atoms with van der Waals surface area (Å²) in [7, 11) is 3.28. The lowest BCUT2D eigenvalue weighted by atomic mass is 10.1. The number of likely N-dealkylation sites (N-methyl/N-ethyl adjacent to an activating group) is 1. The molecule has 0 fully saturated rings. The van der Waals surface area contributed by atoms with Crippen molar-refractivity contribution in [2.45, 2.75) is 6.42 Å². The van der Waals surface area contributed by atoms with E-state index in [0.29, 0.717) is 13.0 Å². The largest absolute Gasteiger partial charge is 0.341 e. The van der Waals surface area contributed by atoms with E-state index in [1.165, 1.54) is 6.07 Å². The zero-order valence-corrected chi connectivity index (χ0v) is 10.0. The molecule has 0 spiro atoms. The van der Waals surface area contributed by atoms with Crippen LogP contribution in [0, 0.1) is 5.82 Å². The van der Waals surface area contributed by atoms with E-state index in [1.54, 1.807) is 31.1 Å². The fourth-order valence-corrected chi connectivity index (χ4v) is 1.49. The molecule has 0 bridgehead atoms. The number of nitrogens with zero attached hydrogens (tertiary/aromatic N) is 1. The third kappa shape index (κ3) is 3.38. The van der Waals surface area contributed by atoms with Gasteiger partial charge in [-0.1, -0.05) is 17.7 Å². The molecule has 16 heavy (non-hydrogen) atoms. The Hall–Kier alpha value is -1.29. The number of amides is 2. The van der Waals surface area contributed by atoms with Gasteiger partial charge in [-0.3, -0.25) is 0 Å². The first-order chi connectivity index (χ1) is 7.54. The Balaban J connectivity index is 2.55. The van der Waals surface area contributed by atoms with Crippen LogP contribution in [-0.4, -0.2) is 31.6 Å². The fraction of sp³-hybridized carbons (Fsp3) is 0.364. The van der Waals surface area contributed by atoms with E-state index < -0.39 is 5.82 Å². The second kappa shape index (κ2) is 5.70. The SMILES string of the molecule is CNC(=O)N(C)CCc1ccc(F)c(Cl)c1. The van der Waals surface area contributed by atoms with Gasteiger partial charge in [-0.05, 0) is 24.1 Å². The summed E-state index contributed by atoms with van der Waals surface area (Å²) < 4.78 is 12.9. The molecule has 0 saturated heterocycles. The lowest BCUT2D eigenvalue weighted by Gasteiger charge is -2.16. The third-order valence-electron chi connectivity index (χ3n) is 2.28. The number of urea groups is 1. The van der Waals surface area contributed by atoms with Gasteiger partial charge in [0.05, 0.1) is 5.02 Å². The van der Waals surface area contributed by atoms with E-state index in [2.05, 4.69) is 5.32 Å². The molecule has 0 aliphatic carbocycles. The van der Waals surface area contributed by atoms with Crippen LogP contribution in [0.15, 0.2) is 18.2 Å². The van der Waals surface area contributed by atoms with Crippen LogP contribution in [0.4, 0.5) is 9.18 Å². The second-order valence-corrected chi connectivity index (χ2v) is 3.88. The Bertz CT molecular complexity index is 384. The Labute approximate surface area is 99.2 Å². The summed E-state index contributed by atoms with van der Waals surface area (Å²) in [6, 6.07) is 4.43. The molecule has 88 valence electrons. The molecule has 5 heteroatoms. The van der Waals surface area contributed by atoms with Gasteiger partial charge in [0.1, 0.15) is 5.82 Å². The molecule has 1 N–H and O–H groups in total. The topological polar surface area (TPSA) is 32.3 Å². The normalized spacial score (nSPS) is 10.0. The Morgan fingerprint density at radius 2 is 2.25 bits per heavy atom. The van der Waals surface area contributed by atoms with Gasteiger partial charge in [0.15, 0.2) is 0 Å². The standard InChI is InChI=1S/C11H14ClFN2O/c1-14-11(16)15(2)6-5-8-3-4-10(13)9(12)7-8/h3-4,7H,5-6H2,1-2H3,(H,14,16). The lowest BCUT2D eigenvalue weighted by Crippen LogP contribution is -2.36. The summed E-state index contributed by atoms with van der Waals surface area (Å²) in [5, 5.41) is 2.63. The van der Waals surface area contributed by atoms with Crippen molar-refractivity contribution < 1.29 is 9.18 Å². The van der Waals surface area contributed by atoms with Crippen LogP contribution in [0.1, 0.15) is 5.56 Å². The number of halogens is 2. The summed E-state index contributed by atoms with van der Waals surface area (Å²) in [5.74, 6) is -0.426. The van der Waals surface area contributed by atoms with Crippen LogP contribution >= 0.6 is 11.6 Å². The Morgan fingerprint density at radius 1 is 1.56 bits per heavy atom. The van der Waals surface area contributed by atoms with Gasteiger partial charge in [-0.25, -0.2) is 9.18 Å². The van der Waals surface area contributed by atoms with E-state index in [1.807, 2.05) is 0 Å². The number of hydrogen-bond acceptors (Lipinski definition) is 1. The molecule has 0 aromatic heterocycles. The maximum atomic E-state index is 12.9. The minimum Gasteiger partial charge on any atom is -0.341 e. The highest BCUT2D eigenvalue weighted by atomic mass is 35.5. The van der Waals surface area contributed by atoms with Crippen molar-refractivity contribution in [3.8, 4) is 0 Å². The molecule has 0 radical (unpaired) electrons. The summed E-state index contributed by atoms with van der Waals surface area (Å²) in [4.78, 5) is 12.7. The van der Waals surface area contributed by atoms with Crippen molar-refractivity contribution in [2.24, 2.45) is 0 Å². The number of carbonyl (C=O) groups excluding carboxylic acids is 1. The predicted octanol–water partition coefficient (Wildman–Crippen LogP) is 2.29. The molecule has 0 heterocycles. The van der Waals surface area contributed by atoms with Gasteiger partial charge in [0.25, 0.3) is 0 Å². The van der Waals surface area contributed by atoms with E-state index >= 15 is 0 Å². The number of benzene rings is 1. The quantitative estimate of drug-likeness (QED) is 0.870. The molecule has 0 aliphatic heterocycles. The summed E-state index contributed by atoms with van der Waals surface area (Å²) in [6.07, 6.45) is 0.643. The molecule has 0 atom stereocenters. The van der Waals surface area contributed by atoms with E-state index in [-0.39, 0.29) is 11.1 Å². The molecule has 0 saturated carbocycles. The van der Waals surface area contributed by atoms with Gasteiger partial charge in [0, 0.05) is 20.6 Å². The Kier molecular flexibility index (Phi) is 4.55. The zero-order chi connectivity index (χ0) is 12.1. The molecule has 2 amide bonds. The van der Waals surface area contributed by atoms with Crippen LogP contribution in [0.2, 0.25) is 5.02 Å². The Morgan fingerprint density at radius 3 is 2.81 bits per heavy atom. The first kappa shape index (κ1) is 12.8. The fourth-order valence-electron chi connectivity index (χ4n) is 1.28. The van der Waals surface area contributed by atoms with Crippen LogP contribution in [-0.2, 0) is 6.42 Å². The zero-order valence-electron chi connectivity index (χ0n) is 9.26. The van der Waals surface area contributed by atoms with Gasteiger partial charge in [-0.15, -0.1) is 0 Å². The van der Waals surface area contributed by atoms with Crippen LogP contribution < -0.4 is 5.32 Å². The van der Waals surface area contributed by atoms with Crippen molar-refractivity contribution in [2.75, 3.05) is 20.6 Å². The summed E-state index contributed by atoms with van der Waals surface area (Å²) in [6.45, 7) is 0.557. The third-order valence-corrected chi connectivity index (χ3v) is 2.57. The van der Waals surface area contributed by atoms with Crippen LogP contribution in [0.5, 0.6) is 0 Å². The average Bonchev–Trinajstić information content (AvgIpc) is 2.29. The summed E-state index contributed by atoms with van der Waals surface area (Å²) >= 11 is 5.65. The first-order valence-electron chi connectivity index (χ1n) is 4.91. The average molecular weight is 245 g/mol. The minimum absolute atomic E-state index is 0.111. The van der Waals surface area contributed by atoms with Crippen molar-refractivity contribution in [3.63, 3.8) is 0 Å². The van der Waals surface area contributed by atoms with Crippen molar-refractivity contribution >= 4 is 17.6 Å². The highest BCUT2D eigenvalue weighted by Crippen LogP contribution is 2.16. The molecule has 1 aromatic carbocycles. The number of rotatable bonds is 3. The first-order valence-corrected chi connectivity index (χ1v) is 5.29. The summed E-state index contributed by atoms with van der Waals surface area (Å²) in [5.41, 5.74) is 0.905. The molecule has 1 rings (SSSR count). The maximum Gasteiger partial charge on any atom is 0.316 e. The smallest absolute Gasteiger partial charge is 0.316 e. The number of carbonyl (C=O) groups is 1. The van der Waals surface area contributed by atoms with Gasteiger partial charge in [-0.2, -0.15) is 0 Å². The molecular weight excluding hydrogens is 231 g/mol. The van der Waals surface area contributed by atoms with E-state index in [4.69, 9.17) is 11.6 Å². The maximum absolute atomic E-state index is 12.9. The second-order valence-electron chi connectivity index (χ2n) is 3.48. The van der Waals surface area contributed by atoms with E-state index in [0.717, 1.165) is 5.56 Å². The molecule has 0 unspecified atom stereocenters. The lowest BCUT2D eigenvalue weighted by molar-refractivity contribution is 0.211. The number of nitrogens with one attached hydrogen (secondary N) is 1.